The first-order valence-corrected chi connectivity index (χ1v) is 3.33. The molecule has 0 aromatic heterocycles. The van der Waals surface area contributed by atoms with Crippen LogP contribution in [0.5, 0.6) is 0 Å². The second-order valence-corrected chi connectivity index (χ2v) is 2.52. The molecular weight excluding hydrogens is 176 g/mol. The summed E-state index contributed by atoms with van der Waals surface area (Å²) in [5.74, 6) is 2.22. The van der Waals surface area contributed by atoms with Crippen LogP contribution in [0.15, 0.2) is 15.0 Å². The van der Waals surface area contributed by atoms with Crippen molar-refractivity contribution in [3.63, 3.8) is 0 Å². The molecule has 8 heteroatoms. The molecule has 0 aromatic carbocycles. The van der Waals surface area contributed by atoms with Crippen LogP contribution in [0.2, 0.25) is 0 Å². The summed E-state index contributed by atoms with van der Waals surface area (Å²) in [5, 5.41) is 9.69. The van der Waals surface area contributed by atoms with E-state index in [1.54, 1.807) is 0 Å². The molecule has 2 rings (SSSR count). The molecule has 0 spiro atoms. The van der Waals surface area contributed by atoms with Gasteiger partial charge in [-0.15, -0.1) is 0 Å². The number of hydrogen-bond acceptors (Lipinski definition) is 7. The fourth-order valence-corrected chi connectivity index (χ4v) is 0.966. The lowest BCUT2D eigenvalue weighted by atomic mass is 10.3. The Morgan fingerprint density at radius 3 is 3.00 bits per heavy atom. The fraction of sp³-hybridized carbons (Fsp3) is 0.200. The number of carbonyl (C=O) groups excluding carboxylic acids is 1. The van der Waals surface area contributed by atoms with E-state index in [4.69, 9.17) is 11.6 Å². The van der Waals surface area contributed by atoms with E-state index in [-0.39, 0.29) is 11.5 Å². The average molecular weight is 182 g/mol. The number of fused-ring (bicyclic) bond motifs is 1. The molecule has 5 N–H and O–H groups in total. The minimum Gasteiger partial charge on any atom is -0.339 e. The highest BCUT2D eigenvalue weighted by Crippen LogP contribution is 2.13. The molecule has 0 fully saturated rings. The van der Waals surface area contributed by atoms with Crippen molar-refractivity contribution >= 4 is 23.8 Å². The number of carbonyl (C=O) groups is 1. The van der Waals surface area contributed by atoms with E-state index in [1.807, 2.05) is 0 Å². The third kappa shape index (κ3) is 0.967. The monoisotopic (exact) mass is 182 g/mol. The van der Waals surface area contributed by atoms with Crippen molar-refractivity contribution in [3.05, 3.63) is 0 Å². The smallest absolute Gasteiger partial charge is 0.315 e. The van der Waals surface area contributed by atoms with E-state index in [2.05, 4.69) is 15.0 Å². The Kier molecular flexibility index (Phi) is 1.34. The maximum atomic E-state index is 11.3. The lowest BCUT2D eigenvalue weighted by Gasteiger charge is -2.31. The number of amides is 1. The first-order chi connectivity index (χ1) is 6.02. The van der Waals surface area contributed by atoms with Crippen molar-refractivity contribution in [2.24, 2.45) is 26.6 Å². The predicted octanol–water partition coefficient (Wildman–Crippen LogP) is -2.85. The standard InChI is InChI=1S/C5H6N6O2/c6-5(13)10-3-2(8-1-9-3)4(12)11(5)7/h1,13H,6-7H2. The Morgan fingerprint density at radius 1 is 1.62 bits per heavy atom. The molecule has 0 bridgehead atoms. The number of aliphatic imine (C=N–C) groups is 3. The van der Waals surface area contributed by atoms with Gasteiger partial charge in [0, 0.05) is 0 Å². The summed E-state index contributed by atoms with van der Waals surface area (Å²) in [5.41, 5.74) is 5.17. The summed E-state index contributed by atoms with van der Waals surface area (Å²) in [4.78, 5) is 22.0. The summed E-state index contributed by atoms with van der Waals surface area (Å²) in [6.45, 7) is 0. The van der Waals surface area contributed by atoms with Crippen molar-refractivity contribution in [2.75, 3.05) is 0 Å². The maximum Gasteiger partial charge on any atom is 0.315 e. The Labute approximate surface area is 72.2 Å². The molecule has 1 atom stereocenters. The zero-order valence-electron chi connectivity index (χ0n) is 6.38. The molecule has 2 aliphatic rings. The molecule has 1 unspecified atom stereocenters. The first kappa shape index (κ1) is 7.98. The molecule has 1 amide bonds. The number of hydrogen-bond donors (Lipinski definition) is 3. The third-order valence-corrected chi connectivity index (χ3v) is 1.63. The molecule has 2 aliphatic heterocycles. The van der Waals surface area contributed by atoms with Gasteiger partial charge in [0.1, 0.15) is 6.34 Å². The van der Waals surface area contributed by atoms with Crippen molar-refractivity contribution < 1.29 is 9.90 Å². The second kappa shape index (κ2) is 2.19. The zero-order valence-corrected chi connectivity index (χ0v) is 6.38. The SMILES string of the molecule is NN1C(=O)C2=NC=NC2=NC1(N)O. The number of aliphatic hydroxyl groups is 1. The van der Waals surface area contributed by atoms with Crippen molar-refractivity contribution in [3.8, 4) is 0 Å². The van der Waals surface area contributed by atoms with Crippen LogP contribution >= 0.6 is 0 Å². The summed E-state index contributed by atoms with van der Waals surface area (Å²) < 4.78 is 0. The molecule has 0 aromatic rings. The number of amidine groups is 1. The number of hydrazine groups is 1. The van der Waals surface area contributed by atoms with Gasteiger partial charge in [0.15, 0.2) is 11.5 Å². The van der Waals surface area contributed by atoms with Gasteiger partial charge in [-0.05, 0) is 0 Å². The van der Waals surface area contributed by atoms with Gasteiger partial charge in [0.05, 0.1) is 0 Å². The molecular formula is C5H6N6O2. The number of nitrogens with two attached hydrogens (primary N) is 2. The van der Waals surface area contributed by atoms with E-state index >= 15 is 0 Å². The minimum absolute atomic E-state index is 0.00306. The van der Waals surface area contributed by atoms with E-state index in [0.29, 0.717) is 5.01 Å². The van der Waals surface area contributed by atoms with Crippen LogP contribution in [0.3, 0.4) is 0 Å². The summed E-state index contributed by atoms with van der Waals surface area (Å²) >= 11 is 0. The summed E-state index contributed by atoms with van der Waals surface area (Å²) in [6, 6.07) is 0. The van der Waals surface area contributed by atoms with Crippen molar-refractivity contribution in [1.82, 2.24) is 5.01 Å². The average Bonchev–Trinajstić information content (AvgIpc) is 2.47. The molecule has 0 saturated heterocycles. The Morgan fingerprint density at radius 2 is 2.31 bits per heavy atom. The predicted molar refractivity (Wildman–Crippen MR) is 43.5 cm³/mol. The van der Waals surface area contributed by atoms with Crippen molar-refractivity contribution in [2.45, 2.75) is 5.97 Å². The molecule has 0 radical (unpaired) electrons. The van der Waals surface area contributed by atoms with E-state index in [0.717, 1.165) is 6.34 Å². The van der Waals surface area contributed by atoms with Gasteiger partial charge >= 0.3 is 5.97 Å². The normalized spacial score (nSPS) is 31.6. The molecule has 68 valence electrons. The lowest BCUT2D eigenvalue weighted by Crippen LogP contribution is -2.65. The van der Waals surface area contributed by atoms with Crippen LogP contribution in [-0.2, 0) is 4.79 Å². The topological polar surface area (TPSA) is 130 Å². The maximum absolute atomic E-state index is 11.3. The van der Waals surface area contributed by atoms with Gasteiger partial charge in [0.25, 0.3) is 5.91 Å². The van der Waals surface area contributed by atoms with Gasteiger partial charge in [-0.2, -0.15) is 4.99 Å². The lowest BCUT2D eigenvalue weighted by molar-refractivity contribution is -0.151. The van der Waals surface area contributed by atoms with Crippen LogP contribution < -0.4 is 11.6 Å². The molecule has 13 heavy (non-hydrogen) atoms. The van der Waals surface area contributed by atoms with E-state index in [1.165, 1.54) is 0 Å². The molecule has 0 aliphatic carbocycles. The summed E-state index contributed by atoms with van der Waals surface area (Å²) in [7, 11) is 0. The van der Waals surface area contributed by atoms with Crippen LogP contribution in [0.25, 0.3) is 0 Å². The van der Waals surface area contributed by atoms with Gasteiger partial charge in [0.2, 0.25) is 0 Å². The fourth-order valence-electron chi connectivity index (χ4n) is 0.966. The largest absolute Gasteiger partial charge is 0.339 e. The van der Waals surface area contributed by atoms with Gasteiger partial charge in [-0.1, -0.05) is 0 Å². The van der Waals surface area contributed by atoms with Crippen LogP contribution in [0, 0.1) is 0 Å². The molecule has 2 heterocycles. The number of nitrogens with zero attached hydrogens (tertiary/aromatic N) is 4. The van der Waals surface area contributed by atoms with E-state index in [9.17, 15) is 9.90 Å². The van der Waals surface area contributed by atoms with Crippen LogP contribution in [-0.4, -0.2) is 39.9 Å². The van der Waals surface area contributed by atoms with Gasteiger partial charge in [-0.25, -0.2) is 20.8 Å². The van der Waals surface area contributed by atoms with Crippen molar-refractivity contribution in [1.29, 1.82) is 0 Å². The highest BCUT2D eigenvalue weighted by atomic mass is 16.4. The Hall–Kier alpha value is -1.64. The third-order valence-electron chi connectivity index (χ3n) is 1.63. The highest BCUT2D eigenvalue weighted by Gasteiger charge is 2.42. The van der Waals surface area contributed by atoms with Crippen LogP contribution in [0.1, 0.15) is 0 Å². The van der Waals surface area contributed by atoms with Gasteiger partial charge in [-0.3, -0.25) is 10.5 Å². The summed E-state index contributed by atoms with van der Waals surface area (Å²) in [6.07, 6.45) is 1.14. The van der Waals surface area contributed by atoms with Crippen LogP contribution in [0.4, 0.5) is 0 Å². The zero-order chi connectivity index (χ0) is 9.64. The quantitative estimate of drug-likeness (QED) is 0.211. The van der Waals surface area contributed by atoms with E-state index < -0.39 is 11.9 Å². The van der Waals surface area contributed by atoms with Gasteiger partial charge < -0.3 is 5.11 Å². The second-order valence-electron chi connectivity index (χ2n) is 2.52. The Balaban J connectivity index is 2.54. The molecule has 8 nitrogen and oxygen atoms in total. The Bertz CT molecular complexity index is 367. The minimum atomic E-state index is -2.24. The molecule has 0 saturated carbocycles. The highest BCUT2D eigenvalue weighted by molar-refractivity contribution is 6.69. The number of rotatable bonds is 0. The first-order valence-electron chi connectivity index (χ1n) is 3.33.